The third-order valence-corrected chi connectivity index (χ3v) is 3.60. The summed E-state index contributed by atoms with van der Waals surface area (Å²) in [5, 5.41) is 4.22. The Balaban J connectivity index is 2.29. The summed E-state index contributed by atoms with van der Waals surface area (Å²) in [5.74, 6) is 0. The second-order valence-corrected chi connectivity index (χ2v) is 5.23. The lowest BCUT2D eigenvalue weighted by molar-refractivity contribution is 0.675. The molecule has 0 aliphatic heterocycles. The fourth-order valence-corrected chi connectivity index (χ4v) is 2.58. The summed E-state index contributed by atoms with van der Waals surface area (Å²) < 4.78 is 0. The first kappa shape index (κ1) is 14.9. The van der Waals surface area contributed by atoms with Gasteiger partial charge in [-0.3, -0.25) is 0 Å². The molecule has 0 atom stereocenters. The summed E-state index contributed by atoms with van der Waals surface area (Å²) in [6.07, 6.45) is 1.13. The van der Waals surface area contributed by atoms with Gasteiger partial charge in [0.05, 0.1) is 10.7 Å². The van der Waals surface area contributed by atoms with Crippen LogP contribution in [0.5, 0.6) is 0 Å². The zero-order valence-electron chi connectivity index (χ0n) is 12.1. The number of benzene rings is 2. The summed E-state index contributed by atoms with van der Waals surface area (Å²) in [6.45, 7) is 4.02. The molecule has 0 radical (unpaired) electrons. The molecule has 20 heavy (non-hydrogen) atoms. The molecule has 106 valence electrons. The summed E-state index contributed by atoms with van der Waals surface area (Å²) in [5.41, 5.74) is 3.43. The molecule has 0 spiro atoms. The lowest BCUT2D eigenvalue weighted by Crippen LogP contribution is -2.18. The van der Waals surface area contributed by atoms with E-state index in [1.165, 1.54) is 5.56 Å². The molecule has 2 nitrogen and oxygen atoms in total. The van der Waals surface area contributed by atoms with Crippen LogP contribution in [-0.2, 0) is 6.54 Å². The minimum Gasteiger partial charge on any atom is -0.343 e. The van der Waals surface area contributed by atoms with Gasteiger partial charge in [0.25, 0.3) is 0 Å². The highest BCUT2D eigenvalue weighted by atomic mass is 35.5. The van der Waals surface area contributed by atoms with Gasteiger partial charge in [0.2, 0.25) is 0 Å². The second-order valence-electron chi connectivity index (χ2n) is 4.82. The number of rotatable bonds is 6. The van der Waals surface area contributed by atoms with E-state index >= 15 is 0 Å². The number of hydrogen-bond acceptors (Lipinski definition) is 2. The average molecular weight is 289 g/mol. The highest BCUT2D eigenvalue weighted by molar-refractivity contribution is 6.33. The minimum atomic E-state index is 0.784. The van der Waals surface area contributed by atoms with Crippen LogP contribution in [0.15, 0.2) is 48.5 Å². The summed E-state index contributed by atoms with van der Waals surface area (Å²) in [4.78, 5) is 2.14. The number of nitrogens with zero attached hydrogens (tertiary/aromatic N) is 1. The molecule has 0 saturated heterocycles. The Morgan fingerprint density at radius 3 is 2.50 bits per heavy atom. The Labute approximate surface area is 126 Å². The van der Waals surface area contributed by atoms with Crippen molar-refractivity contribution >= 4 is 23.0 Å². The van der Waals surface area contributed by atoms with Crippen LogP contribution in [0.2, 0.25) is 5.02 Å². The van der Waals surface area contributed by atoms with E-state index in [0.717, 1.165) is 35.9 Å². The Hall–Kier alpha value is -1.51. The third kappa shape index (κ3) is 3.53. The molecule has 1 N–H and O–H groups in total. The van der Waals surface area contributed by atoms with Gasteiger partial charge in [0.15, 0.2) is 0 Å². The fourth-order valence-electron chi connectivity index (χ4n) is 2.26. The van der Waals surface area contributed by atoms with E-state index in [2.05, 4.69) is 42.4 Å². The molecule has 3 heteroatoms. The summed E-state index contributed by atoms with van der Waals surface area (Å²) >= 11 is 6.42. The van der Waals surface area contributed by atoms with Gasteiger partial charge in [-0.15, -0.1) is 0 Å². The molecule has 2 rings (SSSR count). The monoisotopic (exact) mass is 288 g/mol. The number of halogens is 1. The Morgan fingerprint density at radius 2 is 1.80 bits per heavy atom. The molecule has 0 unspecified atom stereocenters. The number of hydrogen-bond donors (Lipinski definition) is 1. The van der Waals surface area contributed by atoms with Gasteiger partial charge in [-0.2, -0.15) is 0 Å². The van der Waals surface area contributed by atoms with E-state index in [0.29, 0.717) is 0 Å². The molecule has 0 heterocycles. The van der Waals surface area contributed by atoms with Crippen LogP contribution in [0.25, 0.3) is 0 Å². The molecular weight excluding hydrogens is 268 g/mol. The number of anilines is 2. The predicted molar refractivity (Wildman–Crippen MR) is 88.0 cm³/mol. The predicted octanol–water partition coefficient (Wildman–Crippen LogP) is 4.61. The largest absolute Gasteiger partial charge is 0.343 e. The standard InChI is InChI=1S/C17H21ClN2/c1-3-12-19-13-14-8-7-11-16(18)17(14)20(2)15-9-5-4-6-10-15/h4-11,19H,3,12-13H2,1-2H3. The van der Waals surface area contributed by atoms with Gasteiger partial charge < -0.3 is 10.2 Å². The first-order valence-corrected chi connectivity index (χ1v) is 7.38. The smallest absolute Gasteiger partial charge is 0.0646 e. The van der Waals surface area contributed by atoms with Crippen molar-refractivity contribution in [1.29, 1.82) is 0 Å². The SMILES string of the molecule is CCCNCc1cccc(Cl)c1N(C)c1ccccc1. The van der Waals surface area contributed by atoms with Gasteiger partial charge in [0, 0.05) is 19.3 Å². The van der Waals surface area contributed by atoms with Gasteiger partial charge in [0.1, 0.15) is 0 Å². The maximum Gasteiger partial charge on any atom is 0.0646 e. The van der Waals surface area contributed by atoms with Crippen LogP contribution < -0.4 is 10.2 Å². The quantitative estimate of drug-likeness (QED) is 0.781. The van der Waals surface area contributed by atoms with E-state index in [4.69, 9.17) is 11.6 Å². The number of para-hydroxylation sites is 2. The molecule has 0 saturated carbocycles. The highest BCUT2D eigenvalue weighted by Gasteiger charge is 2.12. The highest BCUT2D eigenvalue weighted by Crippen LogP contribution is 2.33. The summed E-state index contributed by atoms with van der Waals surface area (Å²) in [7, 11) is 2.06. The molecule has 0 fully saturated rings. The molecule has 2 aromatic rings. The average Bonchev–Trinajstić information content (AvgIpc) is 2.48. The van der Waals surface area contributed by atoms with Crippen molar-refractivity contribution in [3.05, 3.63) is 59.1 Å². The second kappa shape index (κ2) is 7.32. The maximum absolute atomic E-state index is 6.42. The maximum atomic E-state index is 6.42. The Bertz CT molecular complexity index is 540. The van der Waals surface area contributed by atoms with Crippen molar-refractivity contribution in [3.8, 4) is 0 Å². The third-order valence-electron chi connectivity index (χ3n) is 3.29. The summed E-state index contributed by atoms with van der Waals surface area (Å²) in [6, 6.07) is 16.4. The van der Waals surface area contributed by atoms with E-state index in [9.17, 15) is 0 Å². The van der Waals surface area contributed by atoms with Crippen molar-refractivity contribution in [2.75, 3.05) is 18.5 Å². The molecule has 0 aliphatic carbocycles. The lowest BCUT2D eigenvalue weighted by atomic mass is 10.1. The van der Waals surface area contributed by atoms with Gasteiger partial charge in [-0.25, -0.2) is 0 Å². The van der Waals surface area contributed by atoms with Gasteiger partial charge in [-0.1, -0.05) is 48.9 Å². The number of nitrogens with one attached hydrogen (secondary N) is 1. The van der Waals surface area contributed by atoms with Gasteiger partial charge in [-0.05, 0) is 36.7 Å². The Morgan fingerprint density at radius 1 is 1.05 bits per heavy atom. The molecule has 0 bridgehead atoms. The minimum absolute atomic E-state index is 0.784. The molecular formula is C17H21ClN2. The van der Waals surface area contributed by atoms with E-state index in [1.54, 1.807) is 0 Å². The first-order valence-electron chi connectivity index (χ1n) is 7.01. The zero-order valence-corrected chi connectivity index (χ0v) is 12.8. The van der Waals surface area contributed by atoms with E-state index in [1.807, 2.05) is 30.3 Å². The zero-order chi connectivity index (χ0) is 14.4. The van der Waals surface area contributed by atoms with Crippen molar-refractivity contribution in [1.82, 2.24) is 5.32 Å². The van der Waals surface area contributed by atoms with Crippen molar-refractivity contribution < 1.29 is 0 Å². The topological polar surface area (TPSA) is 15.3 Å². The van der Waals surface area contributed by atoms with E-state index < -0.39 is 0 Å². The Kier molecular flexibility index (Phi) is 5.45. The van der Waals surface area contributed by atoms with Crippen LogP contribution in [0.3, 0.4) is 0 Å². The first-order chi connectivity index (χ1) is 9.74. The molecule has 0 aliphatic rings. The van der Waals surface area contributed by atoms with Crippen molar-refractivity contribution in [2.24, 2.45) is 0 Å². The lowest BCUT2D eigenvalue weighted by Gasteiger charge is -2.24. The molecule has 0 amide bonds. The van der Waals surface area contributed by atoms with Gasteiger partial charge >= 0.3 is 0 Å². The van der Waals surface area contributed by atoms with Crippen LogP contribution in [0.1, 0.15) is 18.9 Å². The van der Waals surface area contributed by atoms with Crippen LogP contribution in [0, 0.1) is 0 Å². The molecule has 2 aromatic carbocycles. The fraction of sp³-hybridized carbons (Fsp3) is 0.294. The van der Waals surface area contributed by atoms with E-state index in [-0.39, 0.29) is 0 Å². The van der Waals surface area contributed by atoms with Crippen LogP contribution >= 0.6 is 11.6 Å². The van der Waals surface area contributed by atoms with Crippen molar-refractivity contribution in [2.45, 2.75) is 19.9 Å². The van der Waals surface area contributed by atoms with Crippen LogP contribution in [-0.4, -0.2) is 13.6 Å². The normalized spacial score (nSPS) is 10.6. The molecule has 0 aromatic heterocycles. The van der Waals surface area contributed by atoms with Crippen molar-refractivity contribution in [3.63, 3.8) is 0 Å². The van der Waals surface area contributed by atoms with Crippen LogP contribution in [0.4, 0.5) is 11.4 Å².